The molecule has 1 fully saturated rings. The fourth-order valence-corrected chi connectivity index (χ4v) is 3.88. The van der Waals surface area contributed by atoms with E-state index in [1.54, 1.807) is 7.11 Å². The van der Waals surface area contributed by atoms with Crippen molar-refractivity contribution < 1.29 is 13.9 Å². The molecule has 1 N–H and O–H groups in total. The zero-order valence-electron chi connectivity index (χ0n) is 17.2. The minimum atomic E-state index is 0.587. The molecule has 1 aliphatic rings. The van der Waals surface area contributed by atoms with Crippen molar-refractivity contribution in [3.8, 4) is 11.5 Å². The van der Waals surface area contributed by atoms with Gasteiger partial charge in [-0.2, -0.15) is 0 Å². The van der Waals surface area contributed by atoms with Crippen LogP contribution >= 0.6 is 0 Å². The van der Waals surface area contributed by atoms with Crippen LogP contribution in [0.3, 0.4) is 0 Å². The number of fused-ring (bicyclic) bond motifs is 1. The lowest BCUT2D eigenvalue weighted by atomic mass is 10.1. The van der Waals surface area contributed by atoms with Crippen LogP contribution in [0.5, 0.6) is 11.5 Å². The molecule has 3 aromatic rings. The lowest BCUT2D eigenvalue weighted by Crippen LogP contribution is -2.31. The number of hydrogen-bond acceptors (Lipinski definition) is 5. The molecule has 0 amide bonds. The van der Waals surface area contributed by atoms with E-state index >= 15 is 0 Å². The van der Waals surface area contributed by atoms with Gasteiger partial charge >= 0.3 is 0 Å². The number of para-hydroxylation sites is 1. The lowest BCUT2D eigenvalue weighted by molar-refractivity contribution is 0.205. The van der Waals surface area contributed by atoms with Crippen LogP contribution in [0.4, 0.5) is 5.69 Å². The Kier molecular flexibility index (Phi) is 6.57. The third-order valence-electron chi connectivity index (χ3n) is 5.44. The smallest absolute Gasteiger partial charge is 0.142 e. The highest BCUT2D eigenvalue weighted by molar-refractivity contribution is 5.77. The van der Waals surface area contributed by atoms with Gasteiger partial charge in [0.2, 0.25) is 0 Å². The van der Waals surface area contributed by atoms with Crippen LogP contribution in [0.15, 0.2) is 52.9 Å². The molecule has 1 aliphatic heterocycles. The first-order valence-corrected chi connectivity index (χ1v) is 10.6. The van der Waals surface area contributed by atoms with Crippen molar-refractivity contribution in [1.29, 1.82) is 0 Å². The van der Waals surface area contributed by atoms with Crippen molar-refractivity contribution in [2.75, 3.05) is 38.7 Å². The number of benzene rings is 2. The first kappa shape index (κ1) is 19.6. The Hall–Kier alpha value is -2.66. The fourth-order valence-electron chi connectivity index (χ4n) is 3.88. The van der Waals surface area contributed by atoms with Crippen LogP contribution in [-0.2, 0) is 6.54 Å². The summed E-state index contributed by atoms with van der Waals surface area (Å²) in [5, 5.41) is 4.53. The van der Waals surface area contributed by atoms with E-state index in [4.69, 9.17) is 13.9 Å². The molecule has 0 spiro atoms. The van der Waals surface area contributed by atoms with Gasteiger partial charge in [0.25, 0.3) is 0 Å². The molecule has 0 unspecified atom stereocenters. The average molecular weight is 395 g/mol. The summed E-state index contributed by atoms with van der Waals surface area (Å²) in [6.45, 7) is 4.90. The van der Waals surface area contributed by atoms with E-state index in [1.165, 1.54) is 32.4 Å². The molecular weight excluding hydrogens is 364 g/mol. The topological polar surface area (TPSA) is 46.9 Å². The van der Waals surface area contributed by atoms with Gasteiger partial charge in [-0.3, -0.25) is 0 Å². The van der Waals surface area contributed by atoms with Gasteiger partial charge in [-0.25, -0.2) is 0 Å². The molecule has 1 saturated heterocycles. The molecule has 29 heavy (non-hydrogen) atoms. The largest absolute Gasteiger partial charge is 0.495 e. The molecule has 5 nitrogen and oxygen atoms in total. The minimum Gasteiger partial charge on any atom is -0.495 e. The van der Waals surface area contributed by atoms with Crippen LogP contribution in [0, 0.1) is 0 Å². The van der Waals surface area contributed by atoms with E-state index in [9.17, 15) is 0 Å². The van der Waals surface area contributed by atoms with Crippen molar-refractivity contribution in [2.45, 2.75) is 32.2 Å². The van der Waals surface area contributed by atoms with Crippen molar-refractivity contribution in [2.24, 2.45) is 0 Å². The molecular formula is C24H30N2O3. The summed E-state index contributed by atoms with van der Waals surface area (Å²) in [6, 6.07) is 16.0. The molecule has 5 heteroatoms. The second-order valence-electron chi connectivity index (χ2n) is 7.57. The molecule has 1 aromatic heterocycles. The van der Waals surface area contributed by atoms with Crippen LogP contribution < -0.4 is 14.8 Å². The summed E-state index contributed by atoms with van der Waals surface area (Å²) in [7, 11) is 1.68. The van der Waals surface area contributed by atoms with E-state index in [0.29, 0.717) is 6.54 Å². The Morgan fingerprint density at radius 1 is 1.03 bits per heavy atom. The van der Waals surface area contributed by atoms with Gasteiger partial charge in [-0.05, 0) is 56.6 Å². The van der Waals surface area contributed by atoms with Crippen molar-refractivity contribution in [3.63, 3.8) is 0 Å². The summed E-state index contributed by atoms with van der Waals surface area (Å²) in [5.41, 5.74) is 1.81. The first-order valence-electron chi connectivity index (χ1n) is 10.6. The highest BCUT2D eigenvalue weighted by Crippen LogP contribution is 2.30. The zero-order valence-corrected chi connectivity index (χ0v) is 17.2. The predicted octanol–water partition coefficient (Wildman–Crippen LogP) is 5.31. The van der Waals surface area contributed by atoms with Gasteiger partial charge in [-0.1, -0.05) is 24.6 Å². The van der Waals surface area contributed by atoms with E-state index < -0.39 is 0 Å². The lowest BCUT2D eigenvalue weighted by Gasteiger charge is -2.26. The highest BCUT2D eigenvalue weighted by atomic mass is 16.5. The molecule has 2 heterocycles. The number of furan rings is 1. The predicted molar refractivity (Wildman–Crippen MR) is 117 cm³/mol. The first-order chi connectivity index (χ1) is 14.3. The number of piperidine rings is 1. The Morgan fingerprint density at radius 3 is 2.72 bits per heavy atom. The minimum absolute atomic E-state index is 0.587. The number of anilines is 1. The Bertz CT molecular complexity index is 882. The molecule has 0 radical (unpaired) electrons. The van der Waals surface area contributed by atoms with Gasteiger partial charge < -0.3 is 24.1 Å². The molecule has 0 atom stereocenters. The summed E-state index contributed by atoms with van der Waals surface area (Å²) in [6.07, 6.45) is 5.09. The van der Waals surface area contributed by atoms with Crippen molar-refractivity contribution in [3.05, 3.63) is 54.3 Å². The van der Waals surface area contributed by atoms with Crippen molar-refractivity contribution >= 4 is 16.7 Å². The summed E-state index contributed by atoms with van der Waals surface area (Å²) >= 11 is 0. The van der Waals surface area contributed by atoms with Gasteiger partial charge in [0.15, 0.2) is 0 Å². The third-order valence-corrected chi connectivity index (χ3v) is 5.44. The number of likely N-dealkylation sites (tertiary alicyclic amines) is 1. The number of nitrogens with zero attached hydrogens (tertiary/aromatic N) is 1. The van der Waals surface area contributed by atoms with Gasteiger partial charge in [0, 0.05) is 18.0 Å². The van der Waals surface area contributed by atoms with E-state index in [0.717, 1.165) is 53.5 Å². The summed E-state index contributed by atoms with van der Waals surface area (Å²) < 4.78 is 17.4. The van der Waals surface area contributed by atoms with Gasteiger partial charge in [-0.15, -0.1) is 0 Å². The SMILES string of the molecule is COc1ccc(OCCCN2CCCCC2)cc1NCc1cc2ccccc2o1. The second-order valence-corrected chi connectivity index (χ2v) is 7.57. The maximum Gasteiger partial charge on any atom is 0.142 e. The van der Waals surface area contributed by atoms with Gasteiger partial charge in [0.05, 0.1) is 25.9 Å². The van der Waals surface area contributed by atoms with E-state index in [1.807, 2.05) is 36.4 Å². The average Bonchev–Trinajstić information content (AvgIpc) is 3.19. The Morgan fingerprint density at radius 2 is 1.90 bits per heavy atom. The van der Waals surface area contributed by atoms with E-state index in [-0.39, 0.29) is 0 Å². The number of hydrogen-bond donors (Lipinski definition) is 1. The normalized spacial score (nSPS) is 14.8. The summed E-state index contributed by atoms with van der Waals surface area (Å²) in [4.78, 5) is 2.54. The highest BCUT2D eigenvalue weighted by Gasteiger charge is 2.10. The molecule has 0 aliphatic carbocycles. The molecule has 0 bridgehead atoms. The maximum absolute atomic E-state index is 5.99. The molecule has 0 saturated carbocycles. The zero-order chi connectivity index (χ0) is 19.9. The monoisotopic (exact) mass is 394 g/mol. The number of methoxy groups -OCH3 is 1. The standard InChI is InChI=1S/C24H30N2O3/c1-27-24-11-10-20(28-15-7-14-26-12-5-2-6-13-26)17-22(24)25-18-21-16-19-8-3-4-9-23(19)29-21/h3-4,8-11,16-17,25H,2,5-7,12-15,18H2,1H3. The van der Waals surface area contributed by atoms with E-state index in [2.05, 4.69) is 22.3 Å². The second kappa shape index (κ2) is 9.70. The van der Waals surface area contributed by atoms with Gasteiger partial charge in [0.1, 0.15) is 22.8 Å². The van der Waals surface area contributed by atoms with Crippen LogP contribution in [0.25, 0.3) is 11.0 Å². The number of rotatable bonds is 9. The molecule has 154 valence electrons. The number of ether oxygens (including phenoxy) is 2. The Labute approximate surface area is 172 Å². The van der Waals surface area contributed by atoms with Crippen LogP contribution in [-0.4, -0.2) is 38.3 Å². The summed E-state index contributed by atoms with van der Waals surface area (Å²) in [5.74, 6) is 2.54. The Balaban J connectivity index is 1.32. The van der Waals surface area contributed by atoms with Crippen LogP contribution in [0.1, 0.15) is 31.4 Å². The molecule has 4 rings (SSSR count). The van der Waals surface area contributed by atoms with Crippen LogP contribution in [0.2, 0.25) is 0 Å². The fraction of sp³-hybridized carbons (Fsp3) is 0.417. The number of nitrogens with one attached hydrogen (secondary N) is 1. The maximum atomic E-state index is 5.99. The quantitative estimate of drug-likeness (QED) is 0.499. The third kappa shape index (κ3) is 5.24. The molecule has 2 aromatic carbocycles. The van der Waals surface area contributed by atoms with Crippen molar-refractivity contribution in [1.82, 2.24) is 4.90 Å².